The first-order valence-electron chi connectivity index (χ1n) is 16.9. The van der Waals surface area contributed by atoms with Crippen molar-refractivity contribution in [2.75, 3.05) is 19.5 Å². The summed E-state index contributed by atoms with van der Waals surface area (Å²) in [6.45, 7) is 5.72. The molecule has 0 spiro atoms. The van der Waals surface area contributed by atoms with Gasteiger partial charge in [-0.15, -0.1) is 0 Å². The molecule has 2 aromatic carbocycles. The maximum Gasteiger partial charge on any atom is 0.373 e. The fraction of sp³-hybridized carbons (Fsp3) is 0.514. The summed E-state index contributed by atoms with van der Waals surface area (Å²) in [6.07, 6.45) is 14.6. The van der Waals surface area contributed by atoms with Crippen LogP contribution in [0.15, 0.2) is 45.6 Å². The van der Waals surface area contributed by atoms with E-state index in [-0.39, 0.29) is 25.5 Å². The first kappa shape index (κ1) is 41.5. The first-order chi connectivity index (χ1) is 23.9. The van der Waals surface area contributed by atoms with E-state index in [0.717, 1.165) is 16.4 Å². The molecule has 272 valence electrons. The molecule has 2 saturated carbocycles. The molecule has 10 nitrogen and oxygen atoms in total. The molecule has 50 heavy (non-hydrogen) atoms. The molecule has 4 aromatic rings. The van der Waals surface area contributed by atoms with Crippen molar-refractivity contribution in [3.05, 3.63) is 67.9 Å². The average molecular weight is 839 g/mol. The van der Waals surface area contributed by atoms with E-state index in [2.05, 4.69) is 91.2 Å². The van der Waals surface area contributed by atoms with Crippen LogP contribution in [0.2, 0.25) is 0 Å². The van der Waals surface area contributed by atoms with Gasteiger partial charge in [0, 0.05) is 34.9 Å². The molecule has 2 aromatic heterocycles. The highest BCUT2D eigenvalue weighted by Gasteiger charge is 2.26. The normalized spacial score (nSPS) is 15.2. The molecule has 0 saturated heterocycles. The number of aryl methyl sites for hydroxylation is 2. The summed E-state index contributed by atoms with van der Waals surface area (Å²) in [5.41, 5.74) is 7.73. The molecule has 0 amide bonds. The second-order valence-corrected chi connectivity index (χ2v) is 16.0. The van der Waals surface area contributed by atoms with Crippen molar-refractivity contribution in [3.8, 4) is 0 Å². The third-order valence-corrected chi connectivity index (χ3v) is 11.7. The molecule has 0 bridgehead atoms. The molecule has 2 aliphatic rings. The Kier molecular flexibility index (Phi) is 16.8. The van der Waals surface area contributed by atoms with Gasteiger partial charge in [0.05, 0.1) is 28.7 Å². The maximum atomic E-state index is 11.2. The van der Waals surface area contributed by atoms with Gasteiger partial charge >= 0.3 is 12.3 Å². The number of benzene rings is 2. The van der Waals surface area contributed by atoms with Crippen LogP contribution >= 0.6 is 31.9 Å². The molecule has 6 rings (SSSR count). The van der Waals surface area contributed by atoms with E-state index in [1.54, 1.807) is 0 Å². The van der Waals surface area contributed by atoms with Crippen LogP contribution < -0.4 is 0 Å². The van der Waals surface area contributed by atoms with E-state index in [4.69, 9.17) is 23.4 Å². The molecule has 2 heterocycles. The minimum atomic E-state index is -3.41. The van der Waals surface area contributed by atoms with Crippen LogP contribution in [-0.2, 0) is 46.6 Å². The molecule has 2 aliphatic carbocycles. The number of aliphatic hydroxyl groups is 1. The molecule has 0 aliphatic heterocycles. The van der Waals surface area contributed by atoms with E-state index in [1.807, 2.05) is 0 Å². The van der Waals surface area contributed by atoms with Crippen molar-refractivity contribution in [2.45, 2.75) is 103 Å². The lowest BCUT2D eigenvalue weighted by Crippen LogP contribution is -2.11. The van der Waals surface area contributed by atoms with E-state index >= 15 is 0 Å². The van der Waals surface area contributed by atoms with Gasteiger partial charge in [-0.25, -0.2) is 0 Å². The Morgan fingerprint density at radius 3 is 1.46 bits per heavy atom. The fourth-order valence-corrected chi connectivity index (χ4v) is 9.48. The lowest BCUT2D eigenvalue weighted by Gasteiger charge is -2.22. The highest BCUT2D eigenvalue weighted by molar-refractivity contribution is 9.10. The van der Waals surface area contributed by atoms with Crippen molar-refractivity contribution in [1.82, 2.24) is 9.13 Å². The number of hydrogen-bond donors (Lipinski definition) is 1. The summed E-state index contributed by atoms with van der Waals surface area (Å²) >= 11 is 7.60. The van der Waals surface area contributed by atoms with Crippen LogP contribution in [0.5, 0.6) is 0 Å². The Morgan fingerprint density at radius 1 is 0.720 bits per heavy atom. The number of aliphatic hydroxyl groups excluding tert-OH is 1. The summed E-state index contributed by atoms with van der Waals surface area (Å²) in [7, 11) is -3.41. The number of aromatic nitrogens is 2. The van der Waals surface area contributed by atoms with E-state index in [9.17, 15) is 13.5 Å². The number of nitrogens with zero attached hydrogens (tertiary/aromatic N) is 2. The predicted octanol–water partition coefficient (Wildman–Crippen LogP) is 8.32. The van der Waals surface area contributed by atoms with Crippen LogP contribution in [0, 0.1) is 13.8 Å². The highest BCUT2D eigenvalue weighted by Crippen LogP contribution is 2.43. The van der Waals surface area contributed by atoms with Crippen molar-refractivity contribution < 1.29 is 36.9 Å². The zero-order valence-corrected chi connectivity index (χ0v) is 32.9. The molecule has 2 fully saturated rings. The number of halogens is 2. The van der Waals surface area contributed by atoms with Crippen molar-refractivity contribution in [3.63, 3.8) is 0 Å². The minimum Gasteiger partial charge on any atom is -0.395 e. The second kappa shape index (κ2) is 20.2. The van der Waals surface area contributed by atoms with E-state index in [0.29, 0.717) is 24.9 Å². The monoisotopic (exact) mass is 836 g/mol. The average Bonchev–Trinajstić information content (AvgIpc) is 3.51. The standard InChI is InChI=1S/C18H24BrNO3S.C17H22BrNO.2CO2/c1-13-8-9-15-16(12-13)20(10-11-23-24(2,21)22)18(19)17(15)14-6-4-3-5-7-14;1-12-7-8-14-15(11-12)19(9-10-20)17(18)16(14)13-5-3-2-4-6-13;2*2-1-3/h8-9,12,14H,3-7,10-11H2,1-2H3;7-8,11,13,20H,2-6,9-10H2,1H3;;. The molecule has 1 N–H and O–H groups in total. The van der Waals surface area contributed by atoms with Crippen LogP contribution in [-0.4, -0.2) is 54.4 Å². The van der Waals surface area contributed by atoms with E-state index in [1.165, 1.54) is 107 Å². The van der Waals surface area contributed by atoms with Crippen LogP contribution in [0.1, 0.15) is 98.3 Å². The molecular weight excluding hydrogens is 792 g/mol. The molecule has 0 radical (unpaired) electrons. The Bertz CT molecular complexity index is 1880. The zero-order chi connectivity index (χ0) is 36.8. The number of rotatable bonds is 8. The first-order valence-corrected chi connectivity index (χ1v) is 20.3. The third kappa shape index (κ3) is 11.1. The van der Waals surface area contributed by atoms with Crippen LogP contribution in [0.3, 0.4) is 0 Å². The Labute approximate surface area is 310 Å². The molecule has 13 heteroatoms. The van der Waals surface area contributed by atoms with Gasteiger partial charge in [0.15, 0.2) is 0 Å². The van der Waals surface area contributed by atoms with Crippen molar-refractivity contribution in [1.29, 1.82) is 0 Å². The Balaban J connectivity index is 0.000000236. The van der Waals surface area contributed by atoms with Crippen LogP contribution in [0.25, 0.3) is 21.8 Å². The maximum absolute atomic E-state index is 11.2. The van der Waals surface area contributed by atoms with Crippen LogP contribution in [0.4, 0.5) is 0 Å². The Hall–Kier alpha value is -2.89. The quantitative estimate of drug-likeness (QED) is 0.175. The van der Waals surface area contributed by atoms with Gasteiger partial charge in [-0.1, -0.05) is 62.8 Å². The lowest BCUT2D eigenvalue weighted by atomic mass is 9.84. The van der Waals surface area contributed by atoms with Crippen molar-refractivity contribution in [2.24, 2.45) is 0 Å². The summed E-state index contributed by atoms with van der Waals surface area (Å²) in [6, 6.07) is 13.2. The minimum absolute atomic E-state index is 0.152. The van der Waals surface area contributed by atoms with Gasteiger partial charge in [0.25, 0.3) is 10.1 Å². The SMILES string of the molecule is Cc1ccc2c(C3CCCCC3)c(Br)n(CCO)c2c1.Cc1ccc2c(C3CCCCC3)c(Br)n(CCOS(C)(=O)=O)c2c1.O=C=O.O=C=O. The summed E-state index contributed by atoms with van der Waals surface area (Å²) in [5.74, 6) is 1.25. The summed E-state index contributed by atoms with van der Waals surface area (Å²) in [5, 5.41) is 12.0. The molecular formula is C37H46Br2N2O8S. The number of carbonyl (C=O) groups excluding carboxylic acids is 4. The highest BCUT2D eigenvalue weighted by atomic mass is 79.9. The van der Waals surface area contributed by atoms with Gasteiger partial charge in [-0.3, -0.25) is 4.18 Å². The number of hydrogen-bond acceptors (Lipinski definition) is 8. The van der Waals surface area contributed by atoms with Gasteiger partial charge < -0.3 is 14.2 Å². The van der Waals surface area contributed by atoms with E-state index < -0.39 is 10.1 Å². The largest absolute Gasteiger partial charge is 0.395 e. The molecule has 0 atom stereocenters. The lowest BCUT2D eigenvalue weighted by molar-refractivity contribution is -0.193. The number of fused-ring (bicyclic) bond motifs is 2. The smallest absolute Gasteiger partial charge is 0.373 e. The summed E-state index contributed by atoms with van der Waals surface area (Å²) < 4.78 is 34.1. The Morgan fingerprint density at radius 2 is 1.10 bits per heavy atom. The predicted molar refractivity (Wildman–Crippen MR) is 198 cm³/mol. The second-order valence-electron chi connectivity index (χ2n) is 12.8. The van der Waals surface area contributed by atoms with Gasteiger partial charge in [0.1, 0.15) is 0 Å². The summed E-state index contributed by atoms with van der Waals surface area (Å²) in [4.78, 5) is 32.5. The van der Waals surface area contributed by atoms with Gasteiger partial charge in [-0.05, 0) is 118 Å². The van der Waals surface area contributed by atoms with Gasteiger partial charge in [-0.2, -0.15) is 27.6 Å². The van der Waals surface area contributed by atoms with Crippen molar-refractivity contribution >= 4 is 76.1 Å². The topological polar surface area (TPSA) is 142 Å². The fourth-order valence-electron chi connectivity index (χ4n) is 7.29. The zero-order valence-electron chi connectivity index (χ0n) is 28.9. The van der Waals surface area contributed by atoms with Gasteiger partial charge in [0.2, 0.25) is 0 Å². The molecule has 0 unspecified atom stereocenters. The third-order valence-electron chi connectivity index (χ3n) is 9.35.